The fourth-order valence-corrected chi connectivity index (χ4v) is 2.64. The predicted octanol–water partition coefficient (Wildman–Crippen LogP) is 5.31. The van der Waals surface area contributed by atoms with Crippen molar-refractivity contribution in [1.82, 2.24) is 0 Å². The SMILES string of the molecule is CC1=CCC(c2cc(F)c(C(=O)Oc3ccc(F)cc3)c(F)c2)C=C1. The van der Waals surface area contributed by atoms with Crippen LogP contribution >= 0.6 is 0 Å². The minimum Gasteiger partial charge on any atom is -0.423 e. The third-order valence-corrected chi connectivity index (χ3v) is 4.01. The fraction of sp³-hybridized carbons (Fsp3) is 0.150. The van der Waals surface area contributed by atoms with Crippen molar-refractivity contribution < 1.29 is 22.7 Å². The van der Waals surface area contributed by atoms with E-state index in [1.165, 1.54) is 12.1 Å². The Bertz CT molecular complexity index is 844. The normalized spacial score (nSPS) is 16.5. The van der Waals surface area contributed by atoms with Crippen molar-refractivity contribution in [3.63, 3.8) is 0 Å². The number of carbonyl (C=O) groups is 1. The van der Waals surface area contributed by atoms with E-state index in [9.17, 15) is 18.0 Å². The Morgan fingerprint density at radius 2 is 1.72 bits per heavy atom. The number of esters is 1. The highest BCUT2D eigenvalue weighted by Gasteiger charge is 2.23. The van der Waals surface area contributed by atoms with E-state index in [4.69, 9.17) is 4.74 Å². The van der Waals surface area contributed by atoms with Gasteiger partial charge in [0.2, 0.25) is 0 Å². The molecule has 0 saturated heterocycles. The molecular formula is C20H15F3O2. The Labute approximate surface area is 143 Å². The molecule has 1 aliphatic carbocycles. The van der Waals surface area contributed by atoms with Crippen molar-refractivity contribution in [3.8, 4) is 5.75 Å². The first kappa shape index (κ1) is 17.0. The summed E-state index contributed by atoms with van der Waals surface area (Å²) in [5.74, 6) is -3.78. The van der Waals surface area contributed by atoms with Crippen LogP contribution in [0.3, 0.4) is 0 Å². The van der Waals surface area contributed by atoms with E-state index < -0.39 is 29.0 Å². The van der Waals surface area contributed by atoms with Crippen molar-refractivity contribution in [2.45, 2.75) is 19.3 Å². The molecule has 128 valence electrons. The molecule has 0 fully saturated rings. The molecule has 0 heterocycles. The topological polar surface area (TPSA) is 26.3 Å². The van der Waals surface area contributed by atoms with E-state index in [1.54, 1.807) is 0 Å². The molecule has 1 atom stereocenters. The lowest BCUT2D eigenvalue weighted by Crippen LogP contribution is -2.14. The number of hydrogen-bond acceptors (Lipinski definition) is 2. The van der Waals surface area contributed by atoms with Crippen molar-refractivity contribution in [2.24, 2.45) is 0 Å². The van der Waals surface area contributed by atoms with E-state index >= 15 is 0 Å². The molecule has 25 heavy (non-hydrogen) atoms. The quantitative estimate of drug-likeness (QED) is 0.557. The third kappa shape index (κ3) is 3.82. The molecule has 2 aromatic carbocycles. The average molecular weight is 344 g/mol. The van der Waals surface area contributed by atoms with E-state index in [0.29, 0.717) is 12.0 Å². The summed E-state index contributed by atoms with van der Waals surface area (Å²) in [6.07, 6.45) is 6.39. The molecule has 1 aliphatic rings. The van der Waals surface area contributed by atoms with Crippen LogP contribution in [-0.2, 0) is 0 Å². The van der Waals surface area contributed by atoms with Gasteiger partial charge in [-0.1, -0.05) is 23.8 Å². The smallest absolute Gasteiger partial charge is 0.349 e. The molecule has 0 aliphatic heterocycles. The fourth-order valence-electron chi connectivity index (χ4n) is 2.64. The molecule has 0 bridgehead atoms. The molecule has 0 amide bonds. The van der Waals surface area contributed by atoms with Crippen LogP contribution in [-0.4, -0.2) is 5.97 Å². The second kappa shape index (κ2) is 6.97. The van der Waals surface area contributed by atoms with Gasteiger partial charge in [0.1, 0.15) is 28.8 Å². The van der Waals surface area contributed by atoms with Gasteiger partial charge in [0.25, 0.3) is 0 Å². The summed E-state index contributed by atoms with van der Waals surface area (Å²) in [5.41, 5.74) is 0.782. The van der Waals surface area contributed by atoms with Crippen LogP contribution in [0.1, 0.15) is 35.2 Å². The molecule has 0 spiro atoms. The van der Waals surface area contributed by atoms with Crippen LogP contribution in [0.2, 0.25) is 0 Å². The van der Waals surface area contributed by atoms with Gasteiger partial charge in [-0.05, 0) is 55.3 Å². The van der Waals surface area contributed by atoms with Gasteiger partial charge in [-0.25, -0.2) is 18.0 Å². The number of rotatable bonds is 3. The first-order valence-corrected chi connectivity index (χ1v) is 7.75. The van der Waals surface area contributed by atoms with E-state index in [0.717, 1.165) is 29.8 Å². The standard InChI is InChI=1S/C20H15F3O2/c1-12-2-4-13(5-3-12)14-10-17(22)19(18(23)11-14)20(24)25-16-8-6-15(21)7-9-16/h2-4,6-11,13H,5H2,1H3. The summed E-state index contributed by atoms with van der Waals surface area (Å²) < 4.78 is 46.4. The Morgan fingerprint density at radius 1 is 1.08 bits per heavy atom. The maximum Gasteiger partial charge on any atom is 0.349 e. The molecule has 0 aromatic heterocycles. The third-order valence-electron chi connectivity index (χ3n) is 4.01. The van der Waals surface area contributed by atoms with Crippen LogP contribution in [0.15, 0.2) is 60.2 Å². The maximum atomic E-state index is 14.3. The van der Waals surface area contributed by atoms with Crippen molar-refractivity contribution in [2.75, 3.05) is 0 Å². The predicted molar refractivity (Wildman–Crippen MR) is 88.0 cm³/mol. The number of allylic oxidation sites excluding steroid dienone is 4. The lowest BCUT2D eigenvalue weighted by atomic mass is 9.90. The maximum absolute atomic E-state index is 14.3. The van der Waals surface area contributed by atoms with E-state index in [2.05, 4.69) is 0 Å². The minimum absolute atomic E-state index is 0.00472. The number of benzene rings is 2. The monoisotopic (exact) mass is 344 g/mol. The zero-order chi connectivity index (χ0) is 18.0. The first-order chi connectivity index (χ1) is 11.9. The molecule has 3 rings (SSSR count). The zero-order valence-corrected chi connectivity index (χ0v) is 13.4. The number of hydrogen-bond donors (Lipinski definition) is 0. The second-order valence-corrected chi connectivity index (χ2v) is 5.85. The van der Waals surface area contributed by atoms with E-state index in [1.807, 2.05) is 25.2 Å². The van der Waals surface area contributed by atoms with Crippen LogP contribution in [0, 0.1) is 17.5 Å². The van der Waals surface area contributed by atoms with Gasteiger partial charge in [-0.3, -0.25) is 0 Å². The average Bonchev–Trinajstić information content (AvgIpc) is 2.57. The summed E-state index contributed by atoms with van der Waals surface area (Å²) in [5, 5.41) is 0. The van der Waals surface area contributed by atoms with Gasteiger partial charge in [0, 0.05) is 5.92 Å². The minimum atomic E-state index is -1.16. The van der Waals surface area contributed by atoms with Crippen LogP contribution < -0.4 is 4.74 Å². The van der Waals surface area contributed by atoms with Crippen LogP contribution in [0.5, 0.6) is 5.75 Å². The van der Waals surface area contributed by atoms with Gasteiger partial charge in [0.15, 0.2) is 0 Å². The molecule has 2 nitrogen and oxygen atoms in total. The van der Waals surface area contributed by atoms with Gasteiger partial charge in [-0.15, -0.1) is 0 Å². The van der Waals surface area contributed by atoms with Gasteiger partial charge in [0.05, 0.1) is 0 Å². The Hall–Kier alpha value is -2.82. The Kier molecular flexibility index (Phi) is 4.74. The molecule has 1 unspecified atom stereocenters. The lowest BCUT2D eigenvalue weighted by molar-refractivity contribution is 0.0724. The highest BCUT2D eigenvalue weighted by molar-refractivity contribution is 5.91. The van der Waals surface area contributed by atoms with Gasteiger partial charge < -0.3 is 4.74 Å². The first-order valence-electron chi connectivity index (χ1n) is 7.75. The Morgan fingerprint density at radius 3 is 2.28 bits per heavy atom. The largest absolute Gasteiger partial charge is 0.423 e. The summed E-state index contributed by atoms with van der Waals surface area (Å²) in [6, 6.07) is 6.88. The lowest BCUT2D eigenvalue weighted by Gasteiger charge is -2.16. The highest BCUT2D eigenvalue weighted by atomic mass is 19.1. The molecular weight excluding hydrogens is 329 g/mol. The second-order valence-electron chi connectivity index (χ2n) is 5.85. The zero-order valence-electron chi connectivity index (χ0n) is 13.4. The number of carbonyl (C=O) groups excluding carboxylic acids is 1. The summed E-state index contributed by atoms with van der Waals surface area (Å²) >= 11 is 0. The van der Waals surface area contributed by atoms with Crippen molar-refractivity contribution in [1.29, 1.82) is 0 Å². The Balaban J connectivity index is 1.83. The molecule has 0 saturated carbocycles. The molecule has 0 radical (unpaired) electrons. The summed E-state index contributed by atoms with van der Waals surface area (Å²) in [7, 11) is 0. The number of halogens is 3. The number of ether oxygens (including phenoxy) is 1. The van der Waals surface area contributed by atoms with Gasteiger partial charge >= 0.3 is 5.97 Å². The molecule has 2 aromatic rings. The van der Waals surface area contributed by atoms with Crippen molar-refractivity contribution in [3.05, 3.63) is 88.8 Å². The van der Waals surface area contributed by atoms with E-state index in [-0.39, 0.29) is 11.7 Å². The summed E-state index contributed by atoms with van der Waals surface area (Å²) in [6.45, 7) is 1.95. The highest BCUT2D eigenvalue weighted by Crippen LogP contribution is 2.29. The molecule has 0 N–H and O–H groups in total. The summed E-state index contributed by atoms with van der Waals surface area (Å²) in [4.78, 5) is 12.1. The van der Waals surface area contributed by atoms with Crippen LogP contribution in [0.4, 0.5) is 13.2 Å². The molecule has 5 heteroatoms. The van der Waals surface area contributed by atoms with Crippen molar-refractivity contribution >= 4 is 5.97 Å². The van der Waals surface area contributed by atoms with Gasteiger partial charge in [-0.2, -0.15) is 0 Å². The van der Waals surface area contributed by atoms with Crippen LogP contribution in [0.25, 0.3) is 0 Å².